The molecule has 3 N–H and O–H groups in total. The standard InChI is InChI=1S/C10H9N3O4S/c11-18(16,17)9-4-2-1-3-8(9)13-6-5-7(12-13)10(14)15/h1-6H,(H,14,15)(H2,11,16,17). The van der Waals surface area contributed by atoms with Crippen molar-refractivity contribution in [2.45, 2.75) is 4.90 Å². The van der Waals surface area contributed by atoms with E-state index in [1.54, 1.807) is 6.07 Å². The minimum absolute atomic E-state index is 0.120. The SMILES string of the molecule is NS(=O)(=O)c1ccccc1-n1ccc(C(=O)O)n1. The van der Waals surface area contributed by atoms with Crippen molar-refractivity contribution in [3.05, 3.63) is 42.2 Å². The Hall–Kier alpha value is -2.19. The van der Waals surface area contributed by atoms with Gasteiger partial charge in [0, 0.05) is 6.20 Å². The van der Waals surface area contributed by atoms with Crippen LogP contribution in [0.2, 0.25) is 0 Å². The highest BCUT2D eigenvalue weighted by molar-refractivity contribution is 7.89. The Kier molecular flexibility index (Phi) is 2.89. The monoisotopic (exact) mass is 267 g/mol. The number of para-hydroxylation sites is 1. The van der Waals surface area contributed by atoms with Crippen LogP contribution in [0, 0.1) is 0 Å². The van der Waals surface area contributed by atoms with Crippen LogP contribution in [0.15, 0.2) is 41.4 Å². The second-order valence-electron chi connectivity index (χ2n) is 3.46. The van der Waals surface area contributed by atoms with Crippen molar-refractivity contribution in [2.24, 2.45) is 5.14 Å². The fourth-order valence-corrected chi connectivity index (χ4v) is 2.18. The van der Waals surface area contributed by atoms with Gasteiger partial charge < -0.3 is 5.11 Å². The molecule has 8 heteroatoms. The number of nitrogens with zero attached hydrogens (tertiary/aromatic N) is 2. The molecule has 0 amide bonds. The minimum atomic E-state index is -3.90. The average molecular weight is 267 g/mol. The van der Waals surface area contributed by atoms with Crippen LogP contribution in [-0.4, -0.2) is 29.3 Å². The number of aromatic carboxylic acids is 1. The van der Waals surface area contributed by atoms with E-state index in [0.717, 1.165) is 4.68 Å². The van der Waals surface area contributed by atoms with E-state index in [4.69, 9.17) is 10.2 Å². The van der Waals surface area contributed by atoms with Crippen molar-refractivity contribution in [3.63, 3.8) is 0 Å². The Morgan fingerprint density at radius 2 is 1.94 bits per heavy atom. The lowest BCUT2D eigenvalue weighted by Crippen LogP contribution is -2.15. The molecule has 94 valence electrons. The molecule has 7 nitrogen and oxygen atoms in total. The fourth-order valence-electron chi connectivity index (χ4n) is 1.46. The lowest BCUT2D eigenvalue weighted by atomic mass is 10.3. The molecule has 0 bridgehead atoms. The van der Waals surface area contributed by atoms with Gasteiger partial charge in [0.25, 0.3) is 0 Å². The summed E-state index contributed by atoms with van der Waals surface area (Å²) in [4.78, 5) is 10.6. The maximum atomic E-state index is 11.4. The lowest BCUT2D eigenvalue weighted by molar-refractivity contribution is 0.0690. The van der Waals surface area contributed by atoms with Crippen molar-refractivity contribution in [2.75, 3.05) is 0 Å². The van der Waals surface area contributed by atoms with Crippen LogP contribution < -0.4 is 5.14 Å². The molecule has 18 heavy (non-hydrogen) atoms. The highest BCUT2D eigenvalue weighted by atomic mass is 32.2. The van der Waals surface area contributed by atoms with E-state index >= 15 is 0 Å². The third-order valence-electron chi connectivity index (χ3n) is 2.23. The van der Waals surface area contributed by atoms with Gasteiger partial charge in [-0.15, -0.1) is 0 Å². The number of carboxylic acids is 1. The predicted molar refractivity (Wildman–Crippen MR) is 61.9 cm³/mol. The van der Waals surface area contributed by atoms with E-state index in [0.29, 0.717) is 0 Å². The lowest BCUT2D eigenvalue weighted by Gasteiger charge is -2.06. The first-order valence-corrected chi connectivity index (χ1v) is 6.35. The Bertz CT molecular complexity index is 705. The summed E-state index contributed by atoms with van der Waals surface area (Å²) in [6.07, 6.45) is 1.35. The number of carbonyl (C=O) groups is 1. The molecule has 0 spiro atoms. The number of sulfonamides is 1. The molecule has 0 fully saturated rings. The molecule has 1 aromatic carbocycles. The first-order valence-electron chi connectivity index (χ1n) is 4.81. The summed E-state index contributed by atoms with van der Waals surface area (Å²) < 4.78 is 23.9. The fraction of sp³-hybridized carbons (Fsp3) is 0. The van der Waals surface area contributed by atoms with E-state index in [1.807, 2.05) is 0 Å². The second kappa shape index (κ2) is 4.24. The minimum Gasteiger partial charge on any atom is -0.476 e. The number of hydrogen-bond acceptors (Lipinski definition) is 4. The molecule has 0 aliphatic rings. The van der Waals surface area contributed by atoms with Crippen LogP contribution in [0.25, 0.3) is 5.69 Å². The third-order valence-corrected chi connectivity index (χ3v) is 3.19. The third kappa shape index (κ3) is 2.24. The number of primary sulfonamides is 1. The maximum absolute atomic E-state index is 11.4. The molecule has 2 aromatic rings. The van der Waals surface area contributed by atoms with Gasteiger partial charge in [-0.25, -0.2) is 23.0 Å². The number of nitrogens with two attached hydrogens (primary N) is 1. The van der Waals surface area contributed by atoms with Gasteiger partial charge in [-0.05, 0) is 18.2 Å². The summed E-state index contributed by atoms with van der Waals surface area (Å²) in [6, 6.07) is 7.20. The topological polar surface area (TPSA) is 115 Å². The van der Waals surface area contributed by atoms with Gasteiger partial charge in [-0.3, -0.25) is 0 Å². The summed E-state index contributed by atoms with van der Waals surface area (Å²) in [5.74, 6) is -1.19. The molecule has 0 aliphatic heterocycles. The molecule has 0 unspecified atom stereocenters. The first-order chi connectivity index (χ1) is 8.39. The van der Waals surface area contributed by atoms with Crippen molar-refractivity contribution >= 4 is 16.0 Å². The summed E-state index contributed by atoms with van der Waals surface area (Å²) in [7, 11) is -3.90. The highest BCUT2D eigenvalue weighted by Gasteiger charge is 2.16. The number of aromatic nitrogens is 2. The molecule has 1 aromatic heterocycles. The van der Waals surface area contributed by atoms with Crippen molar-refractivity contribution < 1.29 is 18.3 Å². The van der Waals surface area contributed by atoms with Crippen LogP contribution in [-0.2, 0) is 10.0 Å². The van der Waals surface area contributed by atoms with Gasteiger partial charge >= 0.3 is 5.97 Å². The van der Waals surface area contributed by atoms with Gasteiger partial charge in [-0.2, -0.15) is 5.10 Å². The number of hydrogen-bond donors (Lipinski definition) is 2. The van der Waals surface area contributed by atoms with Gasteiger partial charge in [0.15, 0.2) is 5.69 Å². The van der Waals surface area contributed by atoms with Crippen molar-refractivity contribution in [3.8, 4) is 5.69 Å². The molecule has 0 saturated heterocycles. The Balaban J connectivity index is 2.61. The van der Waals surface area contributed by atoms with Gasteiger partial charge in [0.05, 0.1) is 5.69 Å². The summed E-state index contributed by atoms with van der Waals surface area (Å²) in [6.45, 7) is 0. The quantitative estimate of drug-likeness (QED) is 0.825. The first kappa shape index (κ1) is 12.3. The summed E-state index contributed by atoms with van der Waals surface area (Å²) >= 11 is 0. The van der Waals surface area contributed by atoms with Crippen LogP contribution in [0.3, 0.4) is 0 Å². The number of benzene rings is 1. The molecule has 0 radical (unpaired) electrons. The zero-order chi connectivity index (χ0) is 13.3. The molecule has 1 heterocycles. The highest BCUT2D eigenvalue weighted by Crippen LogP contribution is 2.17. The Morgan fingerprint density at radius 3 is 2.50 bits per heavy atom. The van der Waals surface area contributed by atoms with E-state index in [9.17, 15) is 13.2 Å². The van der Waals surface area contributed by atoms with Crippen LogP contribution >= 0.6 is 0 Å². The van der Waals surface area contributed by atoms with Crippen LogP contribution in [0.4, 0.5) is 0 Å². The van der Waals surface area contributed by atoms with Gasteiger partial charge in [0.1, 0.15) is 4.90 Å². The second-order valence-corrected chi connectivity index (χ2v) is 4.99. The largest absolute Gasteiger partial charge is 0.476 e. The zero-order valence-electron chi connectivity index (χ0n) is 9.02. The van der Waals surface area contributed by atoms with E-state index in [-0.39, 0.29) is 16.3 Å². The van der Waals surface area contributed by atoms with E-state index in [2.05, 4.69) is 5.10 Å². The van der Waals surface area contributed by atoms with Crippen LogP contribution in [0.5, 0.6) is 0 Å². The zero-order valence-corrected chi connectivity index (χ0v) is 9.83. The molecule has 0 aliphatic carbocycles. The van der Waals surface area contributed by atoms with Gasteiger partial charge in [0.2, 0.25) is 10.0 Å². The van der Waals surface area contributed by atoms with Crippen LogP contribution in [0.1, 0.15) is 10.5 Å². The van der Waals surface area contributed by atoms with Crippen molar-refractivity contribution in [1.29, 1.82) is 0 Å². The Morgan fingerprint density at radius 1 is 1.28 bits per heavy atom. The Labute approximate surface area is 103 Å². The maximum Gasteiger partial charge on any atom is 0.356 e. The summed E-state index contributed by atoms with van der Waals surface area (Å²) in [5, 5.41) is 17.6. The molecular formula is C10H9N3O4S. The van der Waals surface area contributed by atoms with Gasteiger partial charge in [-0.1, -0.05) is 12.1 Å². The molecular weight excluding hydrogens is 258 g/mol. The molecule has 2 rings (SSSR count). The normalized spacial score (nSPS) is 11.4. The van der Waals surface area contributed by atoms with E-state index in [1.165, 1.54) is 30.5 Å². The molecule has 0 atom stereocenters. The molecule has 0 saturated carbocycles. The number of rotatable bonds is 3. The predicted octanol–water partition coefficient (Wildman–Crippen LogP) is 0.218. The van der Waals surface area contributed by atoms with E-state index < -0.39 is 16.0 Å². The summed E-state index contributed by atoms with van der Waals surface area (Å²) in [5.41, 5.74) is 0.0201. The smallest absolute Gasteiger partial charge is 0.356 e. The average Bonchev–Trinajstić information content (AvgIpc) is 2.77. The number of carboxylic acid groups (broad SMARTS) is 1. The van der Waals surface area contributed by atoms with Crippen molar-refractivity contribution in [1.82, 2.24) is 9.78 Å².